The number of anilines is 1. The first-order valence-corrected chi connectivity index (χ1v) is 11.6. The maximum Gasteiger partial charge on any atom is 0.270 e. The molecule has 178 valence electrons. The number of carbonyl (C=O) groups excluding carboxylic acids is 1. The topological polar surface area (TPSA) is 128 Å². The van der Waals surface area contributed by atoms with Crippen molar-refractivity contribution < 1.29 is 27.6 Å². The molecule has 0 bridgehead atoms. The summed E-state index contributed by atoms with van der Waals surface area (Å²) in [6, 6.07) is 17.8. The van der Waals surface area contributed by atoms with Gasteiger partial charge in [0.2, 0.25) is 0 Å². The molecule has 1 amide bonds. The molecule has 0 heterocycles. The van der Waals surface area contributed by atoms with Crippen molar-refractivity contribution in [1.29, 1.82) is 0 Å². The Kier molecular flexibility index (Phi) is 7.69. The molecule has 34 heavy (non-hydrogen) atoms. The lowest BCUT2D eigenvalue weighted by Crippen LogP contribution is -2.31. The zero-order chi connectivity index (χ0) is 24.7. The van der Waals surface area contributed by atoms with Crippen LogP contribution in [-0.2, 0) is 10.0 Å². The second-order valence-electron chi connectivity index (χ2n) is 7.16. The molecule has 3 aromatic rings. The van der Waals surface area contributed by atoms with Gasteiger partial charge in [-0.25, -0.2) is 8.42 Å². The first-order chi connectivity index (χ1) is 16.2. The number of ether oxygens (including phenoxy) is 2. The Morgan fingerprint density at radius 1 is 1.03 bits per heavy atom. The van der Waals surface area contributed by atoms with E-state index >= 15 is 0 Å². The van der Waals surface area contributed by atoms with Gasteiger partial charge in [0, 0.05) is 19.2 Å². The molecular weight excluding hydrogens is 462 g/mol. The highest BCUT2D eigenvalue weighted by molar-refractivity contribution is 7.92. The van der Waals surface area contributed by atoms with Crippen molar-refractivity contribution in [2.45, 2.75) is 4.90 Å². The van der Waals surface area contributed by atoms with E-state index in [0.29, 0.717) is 11.5 Å². The van der Waals surface area contributed by atoms with E-state index in [4.69, 9.17) is 9.47 Å². The third-order valence-corrected chi connectivity index (χ3v) is 6.21. The van der Waals surface area contributed by atoms with E-state index in [-0.39, 0.29) is 35.0 Å². The van der Waals surface area contributed by atoms with Crippen LogP contribution >= 0.6 is 0 Å². The lowest BCUT2D eigenvalue weighted by molar-refractivity contribution is -0.385. The number of rotatable bonds is 10. The molecule has 0 aromatic heterocycles. The third-order valence-electron chi connectivity index (χ3n) is 4.84. The average Bonchev–Trinajstić information content (AvgIpc) is 2.84. The number of nitrogens with zero attached hydrogens (tertiary/aromatic N) is 2. The van der Waals surface area contributed by atoms with E-state index in [9.17, 15) is 23.3 Å². The number of nitrogens with one attached hydrogen (secondary N) is 1. The minimum absolute atomic E-state index is 0.0573. The van der Waals surface area contributed by atoms with Crippen LogP contribution in [0.1, 0.15) is 10.4 Å². The SMILES string of the molecule is COc1ccc(OCCN(C)C(=O)c2ccccc2NS(=O)(=O)c2cccc([N+](=O)[O-])c2)cc1. The quantitative estimate of drug-likeness (QED) is 0.343. The van der Waals surface area contributed by atoms with Gasteiger partial charge < -0.3 is 14.4 Å². The summed E-state index contributed by atoms with van der Waals surface area (Å²) in [5.74, 6) is 0.895. The lowest BCUT2D eigenvalue weighted by Gasteiger charge is -2.20. The molecule has 0 aliphatic rings. The molecule has 0 saturated carbocycles. The van der Waals surface area contributed by atoms with E-state index in [0.717, 1.165) is 6.07 Å². The molecule has 0 unspecified atom stereocenters. The van der Waals surface area contributed by atoms with Crippen LogP contribution in [-0.4, -0.2) is 51.5 Å². The van der Waals surface area contributed by atoms with Crippen LogP contribution in [0.25, 0.3) is 0 Å². The number of nitro groups is 1. The van der Waals surface area contributed by atoms with Crippen molar-refractivity contribution in [1.82, 2.24) is 4.90 Å². The average molecular weight is 486 g/mol. The Balaban J connectivity index is 1.70. The minimum Gasteiger partial charge on any atom is -0.497 e. The molecule has 3 aromatic carbocycles. The van der Waals surface area contributed by atoms with Gasteiger partial charge in [0.15, 0.2) is 0 Å². The van der Waals surface area contributed by atoms with E-state index in [1.54, 1.807) is 50.6 Å². The normalized spacial score (nSPS) is 10.9. The van der Waals surface area contributed by atoms with Crippen molar-refractivity contribution in [3.05, 3.63) is 88.5 Å². The van der Waals surface area contributed by atoms with E-state index in [2.05, 4.69) is 4.72 Å². The van der Waals surface area contributed by atoms with Gasteiger partial charge in [-0.15, -0.1) is 0 Å². The fourth-order valence-corrected chi connectivity index (χ4v) is 4.13. The van der Waals surface area contributed by atoms with E-state index < -0.39 is 20.9 Å². The summed E-state index contributed by atoms with van der Waals surface area (Å²) in [5, 5.41) is 11.0. The van der Waals surface area contributed by atoms with E-state index in [1.165, 1.54) is 35.2 Å². The predicted octanol–water partition coefficient (Wildman–Crippen LogP) is 3.56. The van der Waals surface area contributed by atoms with Gasteiger partial charge in [-0.3, -0.25) is 19.6 Å². The fraction of sp³-hybridized carbons (Fsp3) is 0.174. The number of benzene rings is 3. The summed E-state index contributed by atoms with van der Waals surface area (Å²) < 4.78 is 38.7. The monoisotopic (exact) mass is 485 g/mol. The Bertz CT molecular complexity index is 1280. The van der Waals surface area contributed by atoms with Crippen LogP contribution in [0.2, 0.25) is 0 Å². The van der Waals surface area contributed by atoms with Crippen LogP contribution in [0.3, 0.4) is 0 Å². The molecule has 0 atom stereocenters. The first kappa shape index (κ1) is 24.5. The summed E-state index contributed by atoms with van der Waals surface area (Å²) in [4.78, 5) is 24.4. The Labute approximate surface area is 196 Å². The molecule has 0 aliphatic carbocycles. The summed E-state index contributed by atoms with van der Waals surface area (Å²) in [6.45, 7) is 0.465. The molecule has 1 N–H and O–H groups in total. The zero-order valence-corrected chi connectivity index (χ0v) is 19.3. The molecule has 0 radical (unpaired) electrons. The molecule has 10 nitrogen and oxygen atoms in total. The number of amides is 1. The highest BCUT2D eigenvalue weighted by Crippen LogP contribution is 2.24. The van der Waals surface area contributed by atoms with Crippen LogP contribution in [0.5, 0.6) is 11.5 Å². The van der Waals surface area contributed by atoms with Crippen molar-refractivity contribution in [2.24, 2.45) is 0 Å². The molecular formula is C23H23N3O7S. The lowest BCUT2D eigenvalue weighted by atomic mass is 10.1. The highest BCUT2D eigenvalue weighted by Gasteiger charge is 2.22. The maximum absolute atomic E-state index is 13.0. The van der Waals surface area contributed by atoms with Crippen LogP contribution in [0.4, 0.5) is 11.4 Å². The van der Waals surface area contributed by atoms with Gasteiger partial charge in [-0.2, -0.15) is 0 Å². The molecule has 0 spiro atoms. The van der Waals surface area contributed by atoms with Crippen LogP contribution in [0, 0.1) is 10.1 Å². The molecule has 0 aliphatic heterocycles. The highest BCUT2D eigenvalue weighted by atomic mass is 32.2. The number of hydrogen-bond acceptors (Lipinski definition) is 7. The van der Waals surface area contributed by atoms with Gasteiger partial charge in [0.1, 0.15) is 18.1 Å². The van der Waals surface area contributed by atoms with Gasteiger partial charge in [0.25, 0.3) is 21.6 Å². The Hall–Kier alpha value is -4.12. The van der Waals surface area contributed by atoms with E-state index in [1.807, 2.05) is 0 Å². The van der Waals surface area contributed by atoms with Crippen LogP contribution < -0.4 is 14.2 Å². The number of nitro benzene ring substituents is 1. The fourth-order valence-electron chi connectivity index (χ4n) is 3.01. The zero-order valence-electron chi connectivity index (χ0n) is 18.5. The number of para-hydroxylation sites is 1. The van der Waals surface area contributed by atoms with Gasteiger partial charge in [-0.1, -0.05) is 18.2 Å². The van der Waals surface area contributed by atoms with Crippen molar-refractivity contribution in [3.63, 3.8) is 0 Å². The summed E-state index contributed by atoms with van der Waals surface area (Å²) in [7, 11) is -1.03. The first-order valence-electron chi connectivity index (χ1n) is 10.1. The van der Waals surface area contributed by atoms with Crippen molar-refractivity contribution in [2.75, 3.05) is 32.0 Å². The number of non-ortho nitro benzene ring substituents is 1. The van der Waals surface area contributed by atoms with Gasteiger partial charge >= 0.3 is 0 Å². The molecule has 11 heteroatoms. The number of methoxy groups -OCH3 is 1. The second kappa shape index (κ2) is 10.7. The molecule has 0 fully saturated rings. The summed E-state index contributed by atoms with van der Waals surface area (Å²) in [6.07, 6.45) is 0. The Morgan fingerprint density at radius 3 is 2.38 bits per heavy atom. The number of carbonyl (C=O) groups is 1. The van der Waals surface area contributed by atoms with Gasteiger partial charge in [-0.05, 0) is 42.5 Å². The number of likely N-dealkylation sites (N-methyl/N-ethyl adjacent to an activating group) is 1. The van der Waals surface area contributed by atoms with Crippen molar-refractivity contribution in [3.8, 4) is 11.5 Å². The third kappa shape index (κ3) is 6.01. The minimum atomic E-state index is -4.17. The van der Waals surface area contributed by atoms with Gasteiger partial charge in [0.05, 0.1) is 34.7 Å². The summed E-state index contributed by atoms with van der Waals surface area (Å²) in [5.41, 5.74) is -0.172. The van der Waals surface area contributed by atoms with Crippen molar-refractivity contribution >= 4 is 27.3 Å². The largest absolute Gasteiger partial charge is 0.497 e. The summed E-state index contributed by atoms with van der Waals surface area (Å²) >= 11 is 0. The standard InChI is InChI=1S/C23H23N3O7S/c1-25(14-15-33-19-12-10-18(32-2)11-13-19)23(27)21-8-3-4-9-22(21)24-34(30,31)20-7-5-6-17(16-20)26(28)29/h3-13,16,24H,14-15H2,1-2H3. The Morgan fingerprint density at radius 2 is 1.71 bits per heavy atom. The number of sulfonamides is 1. The maximum atomic E-state index is 13.0. The molecule has 3 rings (SSSR count). The predicted molar refractivity (Wildman–Crippen MR) is 126 cm³/mol. The van der Waals surface area contributed by atoms with Crippen LogP contribution in [0.15, 0.2) is 77.7 Å². The smallest absolute Gasteiger partial charge is 0.270 e. The second-order valence-corrected chi connectivity index (χ2v) is 8.84. The molecule has 0 saturated heterocycles. The number of hydrogen-bond donors (Lipinski definition) is 1.